The van der Waals surface area contributed by atoms with Gasteiger partial charge in [-0.2, -0.15) is 4.98 Å². The minimum atomic E-state index is 0.642. The van der Waals surface area contributed by atoms with Gasteiger partial charge in [0.2, 0.25) is 5.89 Å². The van der Waals surface area contributed by atoms with Gasteiger partial charge in [-0.1, -0.05) is 28.9 Å². The van der Waals surface area contributed by atoms with Crippen molar-refractivity contribution in [2.45, 2.75) is 19.3 Å². The third-order valence-electron chi connectivity index (χ3n) is 2.95. The minimum absolute atomic E-state index is 0.642. The van der Waals surface area contributed by atoms with Gasteiger partial charge in [0.15, 0.2) is 5.82 Å². The van der Waals surface area contributed by atoms with Crippen molar-refractivity contribution in [1.29, 1.82) is 0 Å². The van der Waals surface area contributed by atoms with Crippen LogP contribution in [0.2, 0.25) is 5.02 Å². The molecule has 0 fully saturated rings. The number of rotatable bonds is 5. The number of imidazole rings is 1. The summed E-state index contributed by atoms with van der Waals surface area (Å²) in [5.74, 6) is 1.33. The van der Waals surface area contributed by atoms with Gasteiger partial charge in [0.05, 0.1) is 6.33 Å². The van der Waals surface area contributed by atoms with E-state index in [-0.39, 0.29) is 0 Å². The van der Waals surface area contributed by atoms with Gasteiger partial charge in [0.25, 0.3) is 0 Å². The van der Waals surface area contributed by atoms with Crippen LogP contribution in [0.5, 0.6) is 0 Å². The van der Waals surface area contributed by atoms with Crippen molar-refractivity contribution in [3.8, 4) is 0 Å². The van der Waals surface area contributed by atoms with E-state index in [9.17, 15) is 0 Å². The number of aromatic nitrogens is 4. The molecular weight excluding hydrogens is 276 g/mol. The Hall–Kier alpha value is -2.14. The maximum atomic E-state index is 5.85. The van der Waals surface area contributed by atoms with E-state index in [4.69, 9.17) is 16.1 Å². The molecule has 0 saturated heterocycles. The van der Waals surface area contributed by atoms with Crippen molar-refractivity contribution in [2.24, 2.45) is 0 Å². The average molecular weight is 289 g/mol. The Bertz CT molecular complexity index is 661. The zero-order chi connectivity index (χ0) is 13.8. The molecule has 0 bridgehead atoms. The number of nitrogens with zero attached hydrogens (tertiary/aromatic N) is 3. The fraction of sp³-hybridized carbons (Fsp3) is 0.214. The lowest BCUT2D eigenvalue weighted by Gasteiger charge is -1.96. The third kappa shape index (κ3) is 3.24. The molecule has 0 aliphatic carbocycles. The summed E-state index contributed by atoms with van der Waals surface area (Å²) >= 11 is 5.85. The van der Waals surface area contributed by atoms with Crippen LogP contribution in [0.15, 0.2) is 41.3 Å². The third-order valence-corrected chi connectivity index (χ3v) is 3.20. The lowest BCUT2D eigenvalue weighted by Crippen LogP contribution is -1.94. The topological polar surface area (TPSA) is 67.6 Å². The van der Waals surface area contributed by atoms with Crippen molar-refractivity contribution in [1.82, 2.24) is 20.1 Å². The Labute approximate surface area is 121 Å². The molecule has 6 heteroatoms. The Morgan fingerprint density at radius 1 is 1.15 bits per heavy atom. The van der Waals surface area contributed by atoms with Gasteiger partial charge < -0.3 is 9.51 Å². The van der Waals surface area contributed by atoms with Gasteiger partial charge in [-0.05, 0) is 24.1 Å². The first kappa shape index (κ1) is 12.9. The van der Waals surface area contributed by atoms with Crippen LogP contribution in [0.25, 0.3) is 0 Å². The molecule has 20 heavy (non-hydrogen) atoms. The highest BCUT2D eigenvalue weighted by atomic mass is 35.5. The molecule has 0 saturated carbocycles. The fourth-order valence-electron chi connectivity index (χ4n) is 1.91. The normalized spacial score (nSPS) is 10.8. The second-order valence-electron chi connectivity index (χ2n) is 4.48. The van der Waals surface area contributed by atoms with Crippen LogP contribution in [0.1, 0.15) is 23.0 Å². The van der Waals surface area contributed by atoms with Gasteiger partial charge >= 0.3 is 0 Å². The van der Waals surface area contributed by atoms with Crippen molar-refractivity contribution >= 4 is 11.6 Å². The lowest BCUT2D eigenvalue weighted by atomic mass is 10.1. The molecule has 0 atom stereocenters. The van der Waals surface area contributed by atoms with Crippen molar-refractivity contribution < 1.29 is 4.52 Å². The van der Waals surface area contributed by atoms with E-state index in [0.717, 1.165) is 22.7 Å². The lowest BCUT2D eigenvalue weighted by molar-refractivity contribution is 0.373. The van der Waals surface area contributed by atoms with E-state index in [1.54, 1.807) is 12.5 Å². The van der Waals surface area contributed by atoms with Crippen LogP contribution in [-0.2, 0) is 19.3 Å². The molecule has 0 amide bonds. The highest BCUT2D eigenvalue weighted by molar-refractivity contribution is 6.30. The smallest absolute Gasteiger partial charge is 0.227 e. The van der Waals surface area contributed by atoms with Crippen LogP contribution in [-0.4, -0.2) is 20.1 Å². The Kier molecular flexibility index (Phi) is 3.78. The molecule has 102 valence electrons. The number of hydrogen-bond acceptors (Lipinski definition) is 4. The minimum Gasteiger partial charge on any atom is -0.348 e. The Morgan fingerprint density at radius 2 is 2.00 bits per heavy atom. The van der Waals surface area contributed by atoms with Gasteiger partial charge in [0, 0.05) is 29.8 Å². The number of nitrogens with one attached hydrogen (secondary N) is 1. The van der Waals surface area contributed by atoms with Crippen LogP contribution in [0.3, 0.4) is 0 Å². The predicted molar refractivity (Wildman–Crippen MR) is 74.6 cm³/mol. The van der Waals surface area contributed by atoms with Gasteiger partial charge in [0.1, 0.15) is 0 Å². The second-order valence-corrected chi connectivity index (χ2v) is 4.92. The molecule has 0 unspecified atom stereocenters. The zero-order valence-electron chi connectivity index (χ0n) is 10.7. The molecular formula is C14H13ClN4O. The number of aryl methyl sites for hydroxylation is 2. The molecule has 0 aliphatic heterocycles. The number of hydrogen-bond donors (Lipinski definition) is 1. The maximum absolute atomic E-state index is 5.85. The van der Waals surface area contributed by atoms with Crippen LogP contribution >= 0.6 is 11.6 Å². The number of aromatic amines is 1. The van der Waals surface area contributed by atoms with E-state index in [1.807, 2.05) is 24.3 Å². The van der Waals surface area contributed by atoms with Crippen molar-refractivity contribution in [2.75, 3.05) is 0 Å². The average Bonchev–Trinajstić information content (AvgIpc) is 3.10. The van der Waals surface area contributed by atoms with Gasteiger partial charge in [-0.25, -0.2) is 4.98 Å². The summed E-state index contributed by atoms with van der Waals surface area (Å²) in [5, 5.41) is 4.71. The number of benzene rings is 1. The first-order chi connectivity index (χ1) is 9.79. The molecule has 3 rings (SSSR count). The molecule has 1 aromatic carbocycles. The molecule has 0 spiro atoms. The predicted octanol–water partition coefficient (Wildman–Crippen LogP) is 2.82. The van der Waals surface area contributed by atoms with E-state index in [1.165, 1.54) is 0 Å². The van der Waals surface area contributed by atoms with Crippen molar-refractivity contribution in [3.05, 3.63) is 64.8 Å². The number of halogens is 1. The SMILES string of the molecule is Clc1ccc(Cc2noc(CCc3cnc[nH]3)n2)cc1. The monoisotopic (exact) mass is 288 g/mol. The fourth-order valence-corrected chi connectivity index (χ4v) is 2.04. The van der Waals surface area contributed by atoms with Crippen LogP contribution in [0.4, 0.5) is 0 Å². The second kappa shape index (κ2) is 5.88. The Morgan fingerprint density at radius 3 is 2.75 bits per heavy atom. The summed E-state index contributed by atoms with van der Waals surface area (Å²) in [6.45, 7) is 0. The summed E-state index contributed by atoms with van der Waals surface area (Å²) in [4.78, 5) is 11.4. The van der Waals surface area contributed by atoms with Gasteiger partial charge in [-0.3, -0.25) is 0 Å². The summed E-state index contributed by atoms with van der Waals surface area (Å²) in [5.41, 5.74) is 2.16. The highest BCUT2D eigenvalue weighted by Gasteiger charge is 2.07. The first-order valence-corrected chi connectivity index (χ1v) is 6.70. The summed E-state index contributed by atoms with van der Waals surface area (Å²) < 4.78 is 5.24. The van der Waals surface area contributed by atoms with E-state index >= 15 is 0 Å². The Balaban J connectivity index is 1.60. The van der Waals surface area contributed by atoms with Crippen LogP contribution < -0.4 is 0 Å². The summed E-state index contributed by atoms with van der Waals surface area (Å²) in [7, 11) is 0. The summed E-state index contributed by atoms with van der Waals surface area (Å²) in [6, 6.07) is 7.64. The summed E-state index contributed by atoms with van der Waals surface area (Å²) in [6.07, 6.45) is 5.61. The number of H-pyrrole nitrogens is 1. The quantitative estimate of drug-likeness (QED) is 0.784. The first-order valence-electron chi connectivity index (χ1n) is 6.33. The standard InChI is InChI=1S/C14H13ClN4O/c15-11-3-1-10(2-4-11)7-13-18-14(20-19-13)6-5-12-8-16-9-17-12/h1-4,8-9H,5-7H2,(H,16,17). The van der Waals surface area contributed by atoms with Crippen molar-refractivity contribution in [3.63, 3.8) is 0 Å². The molecule has 2 aromatic heterocycles. The van der Waals surface area contributed by atoms with Gasteiger partial charge in [-0.15, -0.1) is 0 Å². The van der Waals surface area contributed by atoms with E-state index < -0.39 is 0 Å². The molecule has 5 nitrogen and oxygen atoms in total. The molecule has 1 N–H and O–H groups in total. The molecule has 2 heterocycles. The molecule has 0 aliphatic rings. The van der Waals surface area contributed by atoms with E-state index in [2.05, 4.69) is 20.1 Å². The highest BCUT2D eigenvalue weighted by Crippen LogP contribution is 2.12. The molecule has 3 aromatic rings. The zero-order valence-corrected chi connectivity index (χ0v) is 11.5. The molecule has 0 radical (unpaired) electrons. The largest absolute Gasteiger partial charge is 0.348 e. The van der Waals surface area contributed by atoms with E-state index in [0.29, 0.717) is 24.6 Å². The van der Waals surface area contributed by atoms with Crippen LogP contribution in [0, 0.1) is 0 Å². The maximum Gasteiger partial charge on any atom is 0.227 e.